The van der Waals surface area contributed by atoms with Gasteiger partial charge in [0, 0.05) is 29.6 Å². The molecule has 5 heteroatoms. The number of fused-ring (bicyclic) bond motifs is 5. The number of carbonyl (C=O) groups is 3. The number of carbonyl (C=O) groups excluding carboxylic acids is 3. The van der Waals surface area contributed by atoms with Gasteiger partial charge < -0.3 is 4.74 Å². The van der Waals surface area contributed by atoms with E-state index in [1.165, 1.54) is 5.57 Å². The second-order valence-electron chi connectivity index (χ2n) is 10.4. The second-order valence-corrected chi connectivity index (χ2v) is 10.7. The maximum absolute atomic E-state index is 13.3. The maximum Gasteiger partial charge on any atom is 0.306 e. The number of ketones is 2. The third kappa shape index (κ3) is 2.90. The number of hydrogen-bond donors (Lipinski definition) is 0. The smallest absolute Gasteiger partial charge is 0.306 e. The Morgan fingerprint density at radius 3 is 2.68 bits per heavy atom. The van der Waals surface area contributed by atoms with Crippen molar-refractivity contribution >= 4 is 29.1 Å². The summed E-state index contributed by atoms with van der Waals surface area (Å²) in [6.45, 7) is 12.5. The Balaban J connectivity index is 1.84. The lowest BCUT2D eigenvalue weighted by molar-refractivity contribution is -0.187. The standard InChI is InChI=1S/C26H33ClO4/c1-6-23(30)31-26(22(29)14-27)16(3)12-21-18-11-15(2)20-13-17(28)7-9-24(20,4)19(18)8-10-25(21,26)5/h8,13,16,18,21H,2,6-7,9-12,14H2,1,3-5H3/t16-,18+,21-,24+,25-,26-/m0/s1. The third-order valence-corrected chi connectivity index (χ3v) is 9.20. The van der Waals surface area contributed by atoms with Gasteiger partial charge in [-0.05, 0) is 49.2 Å². The van der Waals surface area contributed by atoms with Crippen LogP contribution in [0.2, 0.25) is 0 Å². The molecule has 4 nitrogen and oxygen atoms in total. The molecule has 168 valence electrons. The fourth-order valence-corrected chi connectivity index (χ4v) is 7.62. The Bertz CT molecular complexity index is 930. The van der Waals surface area contributed by atoms with Gasteiger partial charge in [0.2, 0.25) is 0 Å². The fraction of sp³-hybridized carbons (Fsp3) is 0.654. The first kappa shape index (κ1) is 22.5. The summed E-state index contributed by atoms with van der Waals surface area (Å²) < 4.78 is 6.06. The van der Waals surface area contributed by atoms with Gasteiger partial charge in [-0.3, -0.25) is 14.4 Å². The Morgan fingerprint density at radius 1 is 1.32 bits per heavy atom. The highest BCUT2D eigenvalue weighted by Gasteiger charge is 2.70. The Labute approximate surface area is 190 Å². The Morgan fingerprint density at radius 2 is 2.03 bits per heavy atom. The lowest BCUT2D eigenvalue weighted by Gasteiger charge is -2.55. The SMILES string of the molecule is C=C1C[C@@H]2C(=CC[C@@]3(C)[C@H]2C[C@H](C)[C@]3(OC(=O)CC)C(=O)CCl)[C@@]2(C)CCC(=O)C=C12. The van der Waals surface area contributed by atoms with Crippen molar-refractivity contribution in [2.45, 2.75) is 71.8 Å². The largest absolute Gasteiger partial charge is 0.450 e. The van der Waals surface area contributed by atoms with Gasteiger partial charge in [0.25, 0.3) is 0 Å². The van der Waals surface area contributed by atoms with Crippen LogP contribution in [0.3, 0.4) is 0 Å². The number of halogens is 1. The zero-order chi connectivity index (χ0) is 22.8. The molecule has 0 N–H and O–H groups in total. The molecular formula is C26H33ClO4. The zero-order valence-corrected chi connectivity index (χ0v) is 19.8. The van der Waals surface area contributed by atoms with E-state index < -0.39 is 11.0 Å². The van der Waals surface area contributed by atoms with Gasteiger partial charge in [0.1, 0.15) is 0 Å². The molecule has 0 heterocycles. The molecule has 31 heavy (non-hydrogen) atoms. The quantitative estimate of drug-likeness (QED) is 0.333. The lowest BCUT2D eigenvalue weighted by Crippen LogP contribution is -2.59. The first-order valence-electron chi connectivity index (χ1n) is 11.5. The van der Waals surface area contributed by atoms with Gasteiger partial charge in [-0.2, -0.15) is 0 Å². The van der Waals surface area contributed by atoms with Crippen LogP contribution in [0.15, 0.2) is 35.5 Å². The topological polar surface area (TPSA) is 60.4 Å². The van der Waals surface area contributed by atoms with Gasteiger partial charge >= 0.3 is 5.97 Å². The van der Waals surface area contributed by atoms with E-state index in [0.717, 1.165) is 30.4 Å². The molecule has 0 unspecified atom stereocenters. The average Bonchev–Trinajstić information content (AvgIpc) is 2.96. The predicted octanol–water partition coefficient (Wildman–Crippen LogP) is 5.35. The molecule has 0 aromatic heterocycles. The van der Waals surface area contributed by atoms with E-state index in [-0.39, 0.29) is 53.0 Å². The van der Waals surface area contributed by atoms with Gasteiger partial charge in [0.05, 0.1) is 5.88 Å². The Hall–Kier alpha value is -1.68. The number of allylic oxidation sites excluding steroid dienone is 5. The molecule has 0 radical (unpaired) electrons. The third-order valence-electron chi connectivity index (χ3n) is 8.95. The number of rotatable bonds is 4. The molecular weight excluding hydrogens is 412 g/mol. The van der Waals surface area contributed by atoms with Crippen molar-refractivity contribution in [2.24, 2.45) is 28.6 Å². The summed E-state index contributed by atoms with van der Waals surface area (Å²) in [5, 5.41) is 0. The number of hydrogen-bond acceptors (Lipinski definition) is 4. The molecule has 0 spiro atoms. The molecule has 0 amide bonds. The first-order chi connectivity index (χ1) is 14.5. The van der Waals surface area contributed by atoms with E-state index in [9.17, 15) is 14.4 Å². The maximum atomic E-state index is 13.3. The summed E-state index contributed by atoms with van der Waals surface area (Å²) in [5.74, 6) is -0.206. The van der Waals surface area contributed by atoms with Crippen molar-refractivity contribution in [3.8, 4) is 0 Å². The van der Waals surface area contributed by atoms with E-state index >= 15 is 0 Å². The summed E-state index contributed by atoms with van der Waals surface area (Å²) >= 11 is 6.08. The van der Waals surface area contributed by atoms with Crippen LogP contribution in [0, 0.1) is 28.6 Å². The molecule has 4 aliphatic carbocycles. The molecule has 4 aliphatic rings. The number of esters is 1. The van der Waals surface area contributed by atoms with Crippen molar-refractivity contribution < 1.29 is 19.1 Å². The second kappa shape index (κ2) is 7.43. The highest BCUT2D eigenvalue weighted by Crippen LogP contribution is 2.68. The van der Waals surface area contributed by atoms with Crippen LogP contribution in [0.25, 0.3) is 0 Å². The van der Waals surface area contributed by atoms with Crippen LogP contribution in [-0.2, 0) is 19.1 Å². The summed E-state index contributed by atoms with van der Waals surface area (Å²) in [5.41, 5.74) is 1.60. The van der Waals surface area contributed by atoms with Crippen LogP contribution in [0.1, 0.15) is 66.2 Å². The zero-order valence-electron chi connectivity index (χ0n) is 19.1. The Kier molecular flexibility index (Phi) is 5.40. The van der Waals surface area contributed by atoms with Crippen molar-refractivity contribution in [1.82, 2.24) is 0 Å². The molecule has 2 fully saturated rings. The summed E-state index contributed by atoms with van der Waals surface area (Å²) in [7, 11) is 0. The van der Waals surface area contributed by atoms with Crippen molar-refractivity contribution in [3.05, 3.63) is 35.5 Å². The summed E-state index contributed by atoms with van der Waals surface area (Å²) in [4.78, 5) is 37.9. The molecule has 0 aliphatic heterocycles. The molecule has 0 aromatic carbocycles. The highest BCUT2D eigenvalue weighted by atomic mass is 35.5. The molecule has 0 bridgehead atoms. The van der Waals surface area contributed by atoms with Crippen molar-refractivity contribution in [1.29, 1.82) is 0 Å². The fourth-order valence-electron chi connectivity index (χ4n) is 7.42. The minimum Gasteiger partial charge on any atom is -0.450 e. The van der Waals surface area contributed by atoms with Crippen molar-refractivity contribution in [3.63, 3.8) is 0 Å². The van der Waals surface area contributed by atoms with E-state index in [1.807, 2.05) is 6.92 Å². The summed E-state index contributed by atoms with van der Waals surface area (Å²) in [6, 6.07) is 0. The molecule has 0 saturated heterocycles. The van der Waals surface area contributed by atoms with E-state index in [1.54, 1.807) is 13.0 Å². The van der Waals surface area contributed by atoms with Gasteiger partial charge in [-0.1, -0.05) is 51.5 Å². The summed E-state index contributed by atoms with van der Waals surface area (Å²) in [6.07, 6.45) is 7.92. The molecule has 4 rings (SSSR count). The molecule has 6 atom stereocenters. The predicted molar refractivity (Wildman–Crippen MR) is 121 cm³/mol. The molecule has 2 saturated carbocycles. The van der Waals surface area contributed by atoms with Crippen LogP contribution in [0.5, 0.6) is 0 Å². The number of Topliss-reactive ketones (excluding diaryl/α,β-unsaturated/α-hetero) is 1. The van der Waals surface area contributed by atoms with Crippen LogP contribution in [0.4, 0.5) is 0 Å². The lowest BCUT2D eigenvalue weighted by atomic mass is 9.49. The van der Waals surface area contributed by atoms with E-state index in [0.29, 0.717) is 12.8 Å². The monoisotopic (exact) mass is 444 g/mol. The molecule has 0 aromatic rings. The van der Waals surface area contributed by atoms with Crippen LogP contribution < -0.4 is 0 Å². The minimum atomic E-state index is -1.20. The van der Waals surface area contributed by atoms with E-state index in [2.05, 4.69) is 26.5 Å². The van der Waals surface area contributed by atoms with Gasteiger partial charge in [-0.25, -0.2) is 0 Å². The minimum absolute atomic E-state index is 0.108. The highest BCUT2D eigenvalue weighted by molar-refractivity contribution is 6.29. The normalized spacial score (nSPS) is 41.5. The van der Waals surface area contributed by atoms with Gasteiger partial charge in [-0.15, -0.1) is 11.6 Å². The number of alkyl halides is 1. The van der Waals surface area contributed by atoms with E-state index in [4.69, 9.17) is 16.3 Å². The van der Waals surface area contributed by atoms with Crippen LogP contribution in [-0.4, -0.2) is 29.0 Å². The van der Waals surface area contributed by atoms with Crippen molar-refractivity contribution in [2.75, 3.05) is 5.88 Å². The first-order valence-corrected chi connectivity index (χ1v) is 12.0. The van der Waals surface area contributed by atoms with Crippen LogP contribution >= 0.6 is 11.6 Å². The number of ether oxygens (including phenoxy) is 1. The average molecular weight is 445 g/mol. The van der Waals surface area contributed by atoms with Gasteiger partial charge in [0.15, 0.2) is 17.2 Å².